The zero-order chi connectivity index (χ0) is 16.8. The van der Waals surface area contributed by atoms with E-state index < -0.39 is 0 Å². The number of phenolic OH excluding ortho intramolecular Hbond substituents is 1. The molecule has 2 heteroatoms. The quantitative estimate of drug-likeness (QED) is 0.401. The molecule has 118 valence electrons. The molecule has 0 radical (unpaired) electrons. The number of hydrogen-bond acceptors (Lipinski definition) is 2. The van der Waals surface area contributed by atoms with Gasteiger partial charge in [-0.25, -0.2) is 0 Å². The van der Waals surface area contributed by atoms with Crippen LogP contribution < -0.4 is 0 Å². The fourth-order valence-electron chi connectivity index (χ4n) is 3.64. The summed E-state index contributed by atoms with van der Waals surface area (Å²) in [6.07, 6.45) is 1.72. The summed E-state index contributed by atoms with van der Waals surface area (Å²) in [5.74, 6) is 0.240. The monoisotopic (exact) mass is 321 g/mol. The van der Waals surface area contributed by atoms with E-state index in [1.54, 1.807) is 12.3 Å². The number of aromatic hydroxyl groups is 1. The standard InChI is InChI=1S/C23H15NO/c25-22-11-4-1-6-15(22)14-24-21-13-12-19-17-8-3-2-7-16(17)18-9-5-10-20(21)23(18)19/h1-14,25H. The number of benzene rings is 4. The summed E-state index contributed by atoms with van der Waals surface area (Å²) >= 11 is 0. The molecule has 0 bridgehead atoms. The number of fused-ring (bicyclic) bond motifs is 3. The summed E-state index contributed by atoms with van der Waals surface area (Å²) in [6, 6.07) is 26.3. The van der Waals surface area contributed by atoms with Crippen molar-refractivity contribution >= 4 is 22.7 Å². The van der Waals surface area contributed by atoms with E-state index in [4.69, 9.17) is 0 Å². The normalized spacial score (nSPS) is 12.0. The zero-order valence-corrected chi connectivity index (χ0v) is 13.5. The first kappa shape index (κ1) is 14.0. The van der Waals surface area contributed by atoms with Gasteiger partial charge in [-0.15, -0.1) is 0 Å². The van der Waals surface area contributed by atoms with Crippen molar-refractivity contribution in [1.82, 2.24) is 0 Å². The van der Waals surface area contributed by atoms with E-state index in [9.17, 15) is 5.11 Å². The van der Waals surface area contributed by atoms with Gasteiger partial charge < -0.3 is 5.11 Å². The molecule has 5 rings (SSSR count). The first-order chi connectivity index (χ1) is 12.3. The lowest BCUT2D eigenvalue weighted by Gasteiger charge is -2.05. The molecule has 0 atom stereocenters. The van der Waals surface area contributed by atoms with Gasteiger partial charge in [-0.1, -0.05) is 60.7 Å². The number of nitrogens with zero attached hydrogens (tertiary/aromatic N) is 1. The van der Waals surface area contributed by atoms with E-state index in [0.29, 0.717) is 5.56 Å². The third-order valence-corrected chi connectivity index (χ3v) is 4.80. The Kier molecular flexibility index (Phi) is 2.98. The lowest BCUT2D eigenvalue weighted by atomic mass is 10.0. The van der Waals surface area contributed by atoms with Gasteiger partial charge in [-0.05, 0) is 45.8 Å². The van der Waals surface area contributed by atoms with Crippen molar-refractivity contribution in [2.45, 2.75) is 0 Å². The van der Waals surface area contributed by atoms with Gasteiger partial charge in [0.05, 0.1) is 5.69 Å². The highest BCUT2D eigenvalue weighted by molar-refractivity contribution is 6.18. The van der Waals surface area contributed by atoms with Crippen molar-refractivity contribution in [2.75, 3.05) is 0 Å². The molecule has 1 N–H and O–H groups in total. The van der Waals surface area contributed by atoms with Gasteiger partial charge in [-0.2, -0.15) is 0 Å². The molecule has 1 aliphatic rings. The Labute approximate surface area is 145 Å². The molecule has 0 heterocycles. The molecule has 0 aromatic heterocycles. The number of aliphatic imine (C=N–C) groups is 1. The molecule has 0 saturated heterocycles. The minimum atomic E-state index is 0.240. The Bertz CT molecular complexity index is 1130. The molecule has 0 saturated carbocycles. The molecule has 4 aromatic rings. The number of phenols is 1. The van der Waals surface area contributed by atoms with Crippen molar-refractivity contribution in [1.29, 1.82) is 0 Å². The smallest absolute Gasteiger partial charge is 0.124 e. The van der Waals surface area contributed by atoms with E-state index in [1.165, 1.54) is 27.6 Å². The van der Waals surface area contributed by atoms with E-state index >= 15 is 0 Å². The number of para-hydroxylation sites is 1. The average molecular weight is 321 g/mol. The second-order valence-corrected chi connectivity index (χ2v) is 6.22. The summed E-state index contributed by atoms with van der Waals surface area (Å²) in [6.45, 7) is 0. The minimum absolute atomic E-state index is 0.240. The Balaban J connectivity index is 1.71. The van der Waals surface area contributed by atoms with Crippen LogP contribution in [-0.4, -0.2) is 11.3 Å². The van der Waals surface area contributed by atoms with Gasteiger partial charge in [0, 0.05) is 17.2 Å². The SMILES string of the molecule is Oc1ccccc1C=Nc1ccc2c3c(cccc13)-c1ccccc1-2. The fraction of sp³-hybridized carbons (Fsp3) is 0. The zero-order valence-electron chi connectivity index (χ0n) is 13.5. The summed E-state index contributed by atoms with van der Waals surface area (Å²) in [5, 5.41) is 12.3. The highest BCUT2D eigenvalue weighted by Crippen LogP contribution is 2.48. The first-order valence-corrected chi connectivity index (χ1v) is 8.30. The summed E-state index contributed by atoms with van der Waals surface area (Å²) in [4.78, 5) is 4.65. The molecule has 4 aromatic carbocycles. The third-order valence-electron chi connectivity index (χ3n) is 4.80. The summed E-state index contributed by atoms with van der Waals surface area (Å²) in [7, 11) is 0. The summed E-state index contributed by atoms with van der Waals surface area (Å²) < 4.78 is 0. The van der Waals surface area contributed by atoms with Crippen LogP contribution in [0.15, 0.2) is 83.9 Å². The lowest BCUT2D eigenvalue weighted by molar-refractivity contribution is 0.474. The average Bonchev–Trinajstić information content (AvgIpc) is 2.98. The molecule has 0 amide bonds. The van der Waals surface area contributed by atoms with Crippen LogP contribution in [0.2, 0.25) is 0 Å². The van der Waals surface area contributed by atoms with Crippen molar-refractivity contribution in [2.24, 2.45) is 4.99 Å². The summed E-state index contributed by atoms with van der Waals surface area (Å²) in [5.41, 5.74) is 6.73. The van der Waals surface area contributed by atoms with E-state index in [0.717, 1.165) is 11.1 Å². The van der Waals surface area contributed by atoms with E-state index in [1.807, 2.05) is 18.2 Å². The van der Waals surface area contributed by atoms with Gasteiger partial charge in [0.1, 0.15) is 5.75 Å². The van der Waals surface area contributed by atoms with Gasteiger partial charge >= 0.3 is 0 Å². The maximum Gasteiger partial charge on any atom is 0.124 e. The number of rotatable bonds is 2. The van der Waals surface area contributed by atoms with Gasteiger partial charge in [0.2, 0.25) is 0 Å². The topological polar surface area (TPSA) is 32.6 Å². The fourth-order valence-corrected chi connectivity index (χ4v) is 3.64. The Morgan fingerprint density at radius 1 is 0.640 bits per heavy atom. The van der Waals surface area contributed by atoms with Crippen molar-refractivity contribution < 1.29 is 5.11 Å². The predicted molar refractivity (Wildman–Crippen MR) is 104 cm³/mol. The van der Waals surface area contributed by atoms with Crippen LogP contribution in [0.4, 0.5) is 5.69 Å². The van der Waals surface area contributed by atoms with Crippen LogP contribution >= 0.6 is 0 Å². The van der Waals surface area contributed by atoms with Crippen LogP contribution in [0.1, 0.15) is 5.56 Å². The van der Waals surface area contributed by atoms with Crippen molar-refractivity contribution in [3.63, 3.8) is 0 Å². The maximum absolute atomic E-state index is 9.93. The molecule has 0 unspecified atom stereocenters. The van der Waals surface area contributed by atoms with Gasteiger partial charge in [0.25, 0.3) is 0 Å². The number of hydrogen-bond donors (Lipinski definition) is 1. The maximum atomic E-state index is 9.93. The molecule has 25 heavy (non-hydrogen) atoms. The van der Waals surface area contributed by atoms with Crippen LogP contribution in [0, 0.1) is 0 Å². The van der Waals surface area contributed by atoms with E-state index in [2.05, 4.69) is 59.6 Å². The van der Waals surface area contributed by atoms with Gasteiger partial charge in [-0.3, -0.25) is 4.99 Å². The van der Waals surface area contributed by atoms with E-state index in [-0.39, 0.29) is 5.75 Å². The predicted octanol–water partition coefficient (Wildman–Crippen LogP) is 5.94. The lowest BCUT2D eigenvalue weighted by Crippen LogP contribution is -1.82. The minimum Gasteiger partial charge on any atom is -0.507 e. The largest absolute Gasteiger partial charge is 0.507 e. The molecule has 2 nitrogen and oxygen atoms in total. The Hall–Kier alpha value is -3.39. The van der Waals surface area contributed by atoms with Crippen LogP contribution in [0.25, 0.3) is 33.0 Å². The molecule has 0 spiro atoms. The van der Waals surface area contributed by atoms with Crippen molar-refractivity contribution in [3.8, 4) is 28.0 Å². The highest BCUT2D eigenvalue weighted by atomic mass is 16.3. The van der Waals surface area contributed by atoms with Gasteiger partial charge in [0.15, 0.2) is 0 Å². The molecule has 1 aliphatic carbocycles. The first-order valence-electron chi connectivity index (χ1n) is 8.30. The highest BCUT2D eigenvalue weighted by Gasteiger charge is 2.21. The van der Waals surface area contributed by atoms with Crippen molar-refractivity contribution in [3.05, 3.63) is 84.4 Å². The Morgan fingerprint density at radius 2 is 1.32 bits per heavy atom. The van der Waals surface area contributed by atoms with Crippen LogP contribution in [0.5, 0.6) is 5.75 Å². The second-order valence-electron chi connectivity index (χ2n) is 6.22. The van der Waals surface area contributed by atoms with Crippen LogP contribution in [0.3, 0.4) is 0 Å². The molecule has 0 fully saturated rings. The third kappa shape index (κ3) is 2.08. The second kappa shape index (κ2) is 5.32. The Morgan fingerprint density at radius 3 is 2.12 bits per heavy atom. The molecular formula is C23H15NO. The molecule has 0 aliphatic heterocycles. The molecular weight excluding hydrogens is 306 g/mol. The van der Waals surface area contributed by atoms with Crippen LogP contribution in [-0.2, 0) is 0 Å².